The number of hydrogen-bond acceptors (Lipinski definition) is 2. The number of hydrogen-bond donors (Lipinski definition) is 0. The molecule has 0 spiro atoms. The van der Waals surface area contributed by atoms with E-state index >= 15 is 0 Å². The van der Waals surface area contributed by atoms with Crippen molar-refractivity contribution < 1.29 is 0 Å². The Kier molecular flexibility index (Phi) is 20.8. The number of nitrogens with zero attached hydrogens (tertiary/aromatic N) is 2. The van der Waals surface area contributed by atoms with Crippen molar-refractivity contribution in [3.8, 4) is 0 Å². The van der Waals surface area contributed by atoms with Crippen LogP contribution in [0, 0.1) is 0 Å². The zero-order chi connectivity index (χ0) is 30.1. The number of unbranched alkanes of at least 4 members (excludes halogenated alkanes) is 14. The van der Waals surface area contributed by atoms with Gasteiger partial charge in [0.25, 0.3) is 0 Å². The molecule has 234 valence electrons. The molecule has 0 aromatic heterocycles. The maximum Gasteiger partial charge on any atom is 0.0636 e. The summed E-state index contributed by atoms with van der Waals surface area (Å²) in [6.45, 7) is 9.13. The minimum atomic E-state index is 0.999. The van der Waals surface area contributed by atoms with Gasteiger partial charge in [-0.05, 0) is 86.8 Å². The van der Waals surface area contributed by atoms with Gasteiger partial charge in [-0.2, -0.15) is 0 Å². The summed E-state index contributed by atoms with van der Waals surface area (Å²) in [5.74, 6) is 0. The third-order valence-electron chi connectivity index (χ3n) is 8.35. The van der Waals surface area contributed by atoms with E-state index in [1.807, 2.05) is 0 Å². The van der Waals surface area contributed by atoms with Gasteiger partial charge in [0.15, 0.2) is 0 Å². The molecule has 0 aliphatic carbocycles. The van der Waals surface area contributed by atoms with E-state index in [9.17, 15) is 0 Å². The molecule has 0 radical (unpaired) electrons. The average Bonchev–Trinajstić information content (AvgIpc) is 3.01. The molecule has 42 heavy (non-hydrogen) atoms. The lowest BCUT2D eigenvalue weighted by Gasteiger charge is -2.12. The number of benzene rings is 2. The van der Waals surface area contributed by atoms with Gasteiger partial charge in [0.1, 0.15) is 0 Å². The molecule has 0 saturated heterocycles. The molecule has 0 saturated carbocycles. The topological polar surface area (TPSA) is 24.7 Å². The smallest absolute Gasteiger partial charge is 0.0636 e. The average molecular weight is 573 g/mol. The summed E-state index contributed by atoms with van der Waals surface area (Å²) in [5.41, 5.74) is 7.41. The lowest BCUT2D eigenvalue weighted by atomic mass is 10.0. The van der Waals surface area contributed by atoms with E-state index in [1.165, 1.54) is 125 Å². The fraction of sp³-hybridized carbons (Fsp3) is 0.650. The van der Waals surface area contributed by atoms with Crippen molar-refractivity contribution >= 4 is 22.8 Å². The second-order valence-electron chi connectivity index (χ2n) is 12.4. The molecule has 0 aliphatic rings. The van der Waals surface area contributed by atoms with Gasteiger partial charge in [0.05, 0.1) is 22.8 Å². The minimum absolute atomic E-state index is 0.999. The first-order chi connectivity index (χ1) is 20.7. The minimum Gasteiger partial charge on any atom is -0.252 e. The molecule has 2 nitrogen and oxygen atoms in total. The van der Waals surface area contributed by atoms with Crippen LogP contribution in [0.4, 0.5) is 11.4 Å². The van der Waals surface area contributed by atoms with Crippen LogP contribution in [-0.4, -0.2) is 11.4 Å². The van der Waals surface area contributed by atoms with Crippen LogP contribution < -0.4 is 0 Å². The largest absolute Gasteiger partial charge is 0.252 e. The van der Waals surface area contributed by atoms with Crippen molar-refractivity contribution in [1.82, 2.24) is 0 Å². The zero-order valence-corrected chi connectivity index (χ0v) is 28.1. The number of aryl methyl sites for hydroxylation is 2. The van der Waals surface area contributed by atoms with Crippen molar-refractivity contribution in [3.05, 3.63) is 59.7 Å². The van der Waals surface area contributed by atoms with E-state index in [1.54, 1.807) is 0 Å². The first-order valence-electron chi connectivity index (χ1n) is 18.0. The van der Waals surface area contributed by atoms with Gasteiger partial charge in [-0.1, -0.05) is 142 Å². The molecule has 2 heteroatoms. The van der Waals surface area contributed by atoms with Gasteiger partial charge in [0, 0.05) is 0 Å². The Morgan fingerprint density at radius 3 is 1.17 bits per heavy atom. The Labute approximate surface area is 260 Å². The van der Waals surface area contributed by atoms with E-state index in [0.717, 1.165) is 49.9 Å². The van der Waals surface area contributed by atoms with Gasteiger partial charge in [-0.25, -0.2) is 0 Å². The third kappa shape index (κ3) is 16.4. The van der Waals surface area contributed by atoms with Crippen molar-refractivity contribution in [2.75, 3.05) is 0 Å². The monoisotopic (exact) mass is 573 g/mol. The predicted molar refractivity (Wildman–Crippen MR) is 190 cm³/mol. The summed E-state index contributed by atoms with van der Waals surface area (Å²) in [5, 5.41) is 0. The molecule has 2 aromatic carbocycles. The summed E-state index contributed by atoms with van der Waals surface area (Å²) >= 11 is 0. The van der Waals surface area contributed by atoms with E-state index in [-0.39, 0.29) is 0 Å². The number of aliphatic imine (C=N–C) groups is 2. The quantitative estimate of drug-likeness (QED) is 0.0835. The molecule has 2 rings (SSSR count). The summed E-state index contributed by atoms with van der Waals surface area (Å²) in [6.07, 6.45) is 27.9. The Morgan fingerprint density at radius 2 is 0.786 bits per heavy atom. The zero-order valence-electron chi connectivity index (χ0n) is 28.1. The molecular formula is C40H64N2. The molecule has 0 fully saturated rings. The molecule has 0 N–H and O–H groups in total. The molecule has 0 aliphatic heterocycles. The fourth-order valence-corrected chi connectivity index (χ4v) is 5.67. The molecule has 0 amide bonds. The molecule has 2 aromatic rings. The summed E-state index contributed by atoms with van der Waals surface area (Å²) < 4.78 is 0. The molecule has 0 unspecified atom stereocenters. The van der Waals surface area contributed by atoms with E-state index < -0.39 is 0 Å². The number of rotatable bonds is 25. The van der Waals surface area contributed by atoms with Crippen LogP contribution in [0.3, 0.4) is 0 Å². The van der Waals surface area contributed by atoms with Crippen molar-refractivity contribution in [3.63, 3.8) is 0 Å². The van der Waals surface area contributed by atoms with Crippen LogP contribution in [0.15, 0.2) is 58.5 Å². The maximum absolute atomic E-state index is 5.28. The Morgan fingerprint density at radius 1 is 0.429 bits per heavy atom. The van der Waals surface area contributed by atoms with Crippen molar-refractivity contribution in [2.24, 2.45) is 9.98 Å². The van der Waals surface area contributed by atoms with E-state index in [2.05, 4.69) is 76.2 Å². The first-order valence-corrected chi connectivity index (χ1v) is 18.0. The third-order valence-corrected chi connectivity index (χ3v) is 8.35. The van der Waals surface area contributed by atoms with Crippen LogP contribution in [0.25, 0.3) is 0 Å². The van der Waals surface area contributed by atoms with Crippen molar-refractivity contribution in [2.45, 2.75) is 169 Å². The fourth-order valence-electron chi connectivity index (χ4n) is 5.67. The van der Waals surface area contributed by atoms with Crippen LogP contribution >= 0.6 is 0 Å². The lowest BCUT2D eigenvalue weighted by Crippen LogP contribution is -2.14. The highest BCUT2D eigenvalue weighted by Gasteiger charge is 2.11. The van der Waals surface area contributed by atoms with Crippen LogP contribution in [0.1, 0.15) is 167 Å². The Balaban J connectivity index is 2.12. The summed E-state index contributed by atoms with van der Waals surface area (Å²) in [6, 6.07) is 18.0. The Hall–Kier alpha value is -2.22. The van der Waals surface area contributed by atoms with Crippen LogP contribution in [-0.2, 0) is 12.8 Å². The highest BCUT2D eigenvalue weighted by atomic mass is 14.8. The highest BCUT2D eigenvalue weighted by Crippen LogP contribution is 2.22. The Bertz CT molecular complexity index is 921. The first kappa shape index (κ1) is 36.0. The van der Waals surface area contributed by atoms with Gasteiger partial charge >= 0.3 is 0 Å². The maximum atomic E-state index is 5.28. The molecule has 0 bridgehead atoms. The van der Waals surface area contributed by atoms with Crippen molar-refractivity contribution in [1.29, 1.82) is 0 Å². The molecule has 0 atom stereocenters. The second-order valence-corrected chi connectivity index (χ2v) is 12.4. The molecule has 0 heterocycles. The SMILES string of the molecule is CCCCCCCCCc1cccc(N=C(CCCC)C(CCCC)=Nc2cccc(CCCCCCCCC)c2)c1. The highest BCUT2D eigenvalue weighted by molar-refractivity contribution is 6.43. The lowest BCUT2D eigenvalue weighted by molar-refractivity contribution is 0.589. The molecular weight excluding hydrogens is 508 g/mol. The normalized spacial score (nSPS) is 12.3. The van der Waals surface area contributed by atoms with E-state index in [0.29, 0.717) is 0 Å². The standard InChI is InChI=1S/C40H64N2/c1-5-9-13-15-17-19-21-25-35-27-23-29-37(33-35)41-39(31-11-7-3)40(32-12-8-4)42-38-30-24-28-36(34-38)26-22-20-18-16-14-10-6-2/h23-24,27-30,33-34H,5-22,25-26,31-32H2,1-4H3. The summed E-state index contributed by atoms with van der Waals surface area (Å²) in [7, 11) is 0. The van der Waals surface area contributed by atoms with Crippen LogP contribution in [0.5, 0.6) is 0 Å². The van der Waals surface area contributed by atoms with Gasteiger partial charge in [-0.3, -0.25) is 9.98 Å². The summed E-state index contributed by atoms with van der Waals surface area (Å²) in [4.78, 5) is 10.6. The van der Waals surface area contributed by atoms with Gasteiger partial charge in [0.2, 0.25) is 0 Å². The van der Waals surface area contributed by atoms with E-state index in [4.69, 9.17) is 9.98 Å². The predicted octanol–water partition coefficient (Wildman–Crippen LogP) is 13.5. The van der Waals surface area contributed by atoms with Crippen LogP contribution in [0.2, 0.25) is 0 Å². The second kappa shape index (κ2) is 24.2. The van der Waals surface area contributed by atoms with Gasteiger partial charge in [-0.15, -0.1) is 0 Å². The van der Waals surface area contributed by atoms with Gasteiger partial charge < -0.3 is 0 Å².